The van der Waals surface area contributed by atoms with Crippen LogP contribution in [0, 0.1) is 0 Å². The van der Waals surface area contributed by atoms with Gasteiger partial charge in [0.25, 0.3) is 0 Å². The number of nitrogens with zero attached hydrogens (tertiary/aromatic N) is 2. The molecule has 0 spiro atoms. The largest absolute Gasteiger partial charge is 0.490 e. The molecule has 1 unspecified atom stereocenters. The Bertz CT molecular complexity index is 1030. The molecular formula is C19H19F3N2O5S. The summed E-state index contributed by atoms with van der Waals surface area (Å²) in [6.07, 6.45) is -3.06. The smallest absolute Gasteiger partial charge is 0.416 e. The molecule has 162 valence electrons. The molecule has 2 aliphatic rings. The van der Waals surface area contributed by atoms with Crippen LogP contribution in [0.5, 0.6) is 17.4 Å². The van der Waals surface area contributed by atoms with Crippen molar-refractivity contribution in [3.8, 4) is 17.4 Å². The second-order valence-corrected chi connectivity index (χ2v) is 8.87. The van der Waals surface area contributed by atoms with Gasteiger partial charge in [0, 0.05) is 31.3 Å². The Morgan fingerprint density at radius 2 is 1.87 bits per heavy atom. The van der Waals surface area contributed by atoms with Crippen molar-refractivity contribution in [3.63, 3.8) is 0 Å². The number of benzene rings is 1. The first kappa shape index (κ1) is 20.7. The molecule has 7 nitrogen and oxygen atoms in total. The van der Waals surface area contributed by atoms with Crippen molar-refractivity contribution in [1.29, 1.82) is 0 Å². The zero-order chi connectivity index (χ0) is 21.4. The molecule has 1 atom stereocenters. The van der Waals surface area contributed by atoms with E-state index >= 15 is 0 Å². The molecule has 0 aliphatic carbocycles. The number of alkyl halides is 3. The maximum absolute atomic E-state index is 13.0. The molecule has 0 saturated carbocycles. The van der Waals surface area contributed by atoms with E-state index in [-0.39, 0.29) is 23.9 Å². The van der Waals surface area contributed by atoms with Gasteiger partial charge >= 0.3 is 6.18 Å². The third-order valence-corrected chi connectivity index (χ3v) is 6.68. The van der Waals surface area contributed by atoms with Gasteiger partial charge in [-0.3, -0.25) is 0 Å². The molecule has 0 bridgehead atoms. The van der Waals surface area contributed by atoms with E-state index in [2.05, 4.69) is 4.98 Å². The first-order valence-electron chi connectivity index (χ1n) is 9.33. The second-order valence-electron chi connectivity index (χ2n) is 6.93. The maximum Gasteiger partial charge on any atom is 0.416 e. The number of halogens is 3. The highest BCUT2D eigenvalue weighted by Crippen LogP contribution is 2.34. The van der Waals surface area contributed by atoms with Gasteiger partial charge in [-0.1, -0.05) is 0 Å². The Morgan fingerprint density at radius 1 is 1.10 bits per heavy atom. The molecular weight excluding hydrogens is 425 g/mol. The van der Waals surface area contributed by atoms with Crippen LogP contribution in [0.1, 0.15) is 18.4 Å². The molecule has 3 heterocycles. The minimum absolute atomic E-state index is 0.00863. The van der Waals surface area contributed by atoms with Gasteiger partial charge < -0.3 is 14.2 Å². The molecule has 30 heavy (non-hydrogen) atoms. The molecule has 0 radical (unpaired) electrons. The van der Waals surface area contributed by atoms with Crippen LogP contribution in [0.15, 0.2) is 41.4 Å². The molecule has 0 N–H and O–H groups in total. The quantitative estimate of drug-likeness (QED) is 0.721. The lowest BCUT2D eigenvalue weighted by atomic mass is 10.2. The highest BCUT2D eigenvalue weighted by atomic mass is 32.2. The van der Waals surface area contributed by atoms with Crippen LogP contribution in [0.25, 0.3) is 0 Å². The van der Waals surface area contributed by atoms with Crippen LogP contribution in [0.3, 0.4) is 0 Å². The van der Waals surface area contributed by atoms with Crippen molar-refractivity contribution in [2.75, 3.05) is 26.3 Å². The molecule has 1 aromatic carbocycles. The molecule has 11 heteroatoms. The minimum Gasteiger partial charge on any atom is -0.490 e. The van der Waals surface area contributed by atoms with E-state index in [4.69, 9.17) is 14.2 Å². The fraction of sp³-hybridized carbons (Fsp3) is 0.421. The summed E-state index contributed by atoms with van der Waals surface area (Å²) in [6, 6.07) is 6.09. The zero-order valence-electron chi connectivity index (χ0n) is 15.8. The molecule has 1 fully saturated rings. The van der Waals surface area contributed by atoms with Gasteiger partial charge in [0.1, 0.15) is 6.10 Å². The fourth-order valence-corrected chi connectivity index (χ4v) is 4.79. The average Bonchev–Trinajstić information content (AvgIpc) is 3.04. The van der Waals surface area contributed by atoms with Crippen molar-refractivity contribution in [1.82, 2.24) is 9.29 Å². The van der Waals surface area contributed by atoms with E-state index in [9.17, 15) is 21.6 Å². The number of pyridine rings is 1. The van der Waals surface area contributed by atoms with Gasteiger partial charge in [-0.2, -0.15) is 17.5 Å². The Labute approximate surface area is 171 Å². The Hall–Kier alpha value is -2.53. The van der Waals surface area contributed by atoms with Crippen LogP contribution >= 0.6 is 0 Å². The first-order chi connectivity index (χ1) is 14.2. The van der Waals surface area contributed by atoms with E-state index in [1.165, 1.54) is 16.4 Å². The predicted molar refractivity (Wildman–Crippen MR) is 99.1 cm³/mol. The number of ether oxygens (including phenoxy) is 3. The number of fused-ring (bicyclic) bond motifs is 1. The van der Waals surface area contributed by atoms with Crippen molar-refractivity contribution in [2.45, 2.75) is 30.0 Å². The van der Waals surface area contributed by atoms with E-state index in [0.29, 0.717) is 37.6 Å². The Balaban J connectivity index is 1.47. The third kappa shape index (κ3) is 4.31. The standard InChI is InChI=1S/C19H19F3N2O5S/c20-19(21,22)13-4-6-23-18(10-13)29-14-5-7-24(12-14)30(25,26)15-2-3-16-17(11-15)28-9-1-8-27-16/h2-4,6,10-11,14H,1,5,7-9,12H2. The van der Waals surface area contributed by atoms with Crippen LogP contribution in [-0.4, -0.2) is 50.1 Å². The monoisotopic (exact) mass is 444 g/mol. The average molecular weight is 444 g/mol. The summed E-state index contributed by atoms with van der Waals surface area (Å²) in [6.45, 7) is 1.11. The summed E-state index contributed by atoms with van der Waals surface area (Å²) < 4.78 is 82.4. The second kappa shape index (κ2) is 7.95. The van der Waals surface area contributed by atoms with Crippen LogP contribution in [0.2, 0.25) is 0 Å². The molecule has 4 rings (SSSR count). The number of aromatic nitrogens is 1. The van der Waals surface area contributed by atoms with E-state index in [1.807, 2.05) is 0 Å². The lowest BCUT2D eigenvalue weighted by Gasteiger charge is -2.18. The van der Waals surface area contributed by atoms with Gasteiger partial charge in [-0.05, 0) is 24.6 Å². The fourth-order valence-electron chi connectivity index (χ4n) is 3.29. The van der Waals surface area contributed by atoms with Crippen molar-refractivity contribution < 1.29 is 35.8 Å². The number of hydrogen-bond donors (Lipinski definition) is 0. The molecule has 2 aliphatic heterocycles. The summed E-state index contributed by atoms with van der Waals surface area (Å²) in [7, 11) is -3.82. The van der Waals surface area contributed by atoms with Gasteiger partial charge in [0.05, 0.1) is 30.2 Å². The van der Waals surface area contributed by atoms with Gasteiger partial charge in [0.2, 0.25) is 15.9 Å². The summed E-state index contributed by atoms with van der Waals surface area (Å²) >= 11 is 0. The van der Waals surface area contributed by atoms with Crippen LogP contribution in [0.4, 0.5) is 13.2 Å². The summed E-state index contributed by atoms with van der Waals surface area (Å²) in [5.74, 6) is 0.670. The molecule has 0 amide bonds. The van der Waals surface area contributed by atoms with Crippen molar-refractivity contribution in [2.24, 2.45) is 0 Å². The van der Waals surface area contributed by atoms with E-state index in [0.717, 1.165) is 18.3 Å². The lowest BCUT2D eigenvalue weighted by molar-refractivity contribution is -0.137. The highest BCUT2D eigenvalue weighted by molar-refractivity contribution is 7.89. The Kier molecular flexibility index (Phi) is 5.49. The summed E-state index contributed by atoms with van der Waals surface area (Å²) in [5.41, 5.74) is -0.873. The predicted octanol–water partition coefficient (Wildman–Crippen LogP) is 3.10. The third-order valence-electron chi connectivity index (χ3n) is 4.81. The first-order valence-corrected chi connectivity index (χ1v) is 10.8. The van der Waals surface area contributed by atoms with Gasteiger partial charge in [0.15, 0.2) is 11.5 Å². The highest BCUT2D eigenvalue weighted by Gasteiger charge is 2.35. The van der Waals surface area contributed by atoms with Crippen LogP contribution in [-0.2, 0) is 16.2 Å². The van der Waals surface area contributed by atoms with Crippen molar-refractivity contribution >= 4 is 10.0 Å². The lowest BCUT2D eigenvalue weighted by Crippen LogP contribution is -2.31. The number of sulfonamides is 1. The van der Waals surface area contributed by atoms with Crippen molar-refractivity contribution in [3.05, 3.63) is 42.1 Å². The van der Waals surface area contributed by atoms with E-state index < -0.39 is 27.9 Å². The summed E-state index contributed by atoms with van der Waals surface area (Å²) in [5, 5.41) is 0. The normalized spacial score (nSPS) is 20.0. The maximum atomic E-state index is 13.0. The minimum atomic E-state index is -4.51. The number of rotatable bonds is 4. The van der Waals surface area contributed by atoms with Gasteiger partial charge in [-0.15, -0.1) is 0 Å². The SMILES string of the molecule is O=S(=O)(c1ccc2c(c1)OCCCO2)N1CCC(Oc2cc(C(F)(F)F)ccn2)C1. The molecule has 1 saturated heterocycles. The summed E-state index contributed by atoms with van der Waals surface area (Å²) in [4.78, 5) is 3.86. The molecule has 1 aromatic heterocycles. The number of hydrogen-bond acceptors (Lipinski definition) is 6. The molecule has 2 aromatic rings. The van der Waals surface area contributed by atoms with Gasteiger partial charge in [-0.25, -0.2) is 13.4 Å². The Morgan fingerprint density at radius 3 is 2.63 bits per heavy atom. The van der Waals surface area contributed by atoms with E-state index in [1.54, 1.807) is 6.07 Å². The zero-order valence-corrected chi connectivity index (χ0v) is 16.6. The van der Waals surface area contributed by atoms with Crippen LogP contribution < -0.4 is 14.2 Å². The topological polar surface area (TPSA) is 78.0 Å².